The van der Waals surface area contributed by atoms with Crippen molar-refractivity contribution in [2.75, 3.05) is 0 Å². The molecule has 2 nitrogen and oxygen atoms in total. The minimum atomic E-state index is 0.493. The lowest BCUT2D eigenvalue weighted by molar-refractivity contribution is 0.549. The Kier molecular flexibility index (Phi) is 3.90. The van der Waals surface area contributed by atoms with Gasteiger partial charge < -0.3 is 10.3 Å². The SMILES string of the molecule is Cc1ccc(CC(C)NCc2ccc3cc[nH]c3c2)s1. The molecule has 20 heavy (non-hydrogen) atoms. The zero-order chi connectivity index (χ0) is 13.9. The number of aromatic amines is 1. The van der Waals surface area contributed by atoms with Crippen molar-refractivity contribution in [1.29, 1.82) is 0 Å². The quantitative estimate of drug-likeness (QED) is 0.720. The minimum Gasteiger partial charge on any atom is -0.361 e. The normalized spacial score (nSPS) is 12.9. The molecule has 104 valence electrons. The number of H-pyrrole nitrogens is 1. The summed E-state index contributed by atoms with van der Waals surface area (Å²) in [4.78, 5) is 6.12. The number of fused-ring (bicyclic) bond motifs is 1. The Balaban J connectivity index is 1.58. The number of thiophene rings is 1. The van der Waals surface area contributed by atoms with Crippen molar-refractivity contribution >= 4 is 22.2 Å². The number of hydrogen-bond acceptors (Lipinski definition) is 2. The number of nitrogens with one attached hydrogen (secondary N) is 2. The number of hydrogen-bond donors (Lipinski definition) is 2. The predicted molar refractivity (Wildman–Crippen MR) is 87.4 cm³/mol. The van der Waals surface area contributed by atoms with Gasteiger partial charge in [-0.15, -0.1) is 11.3 Å². The van der Waals surface area contributed by atoms with Crippen LogP contribution in [0.2, 0.25) is 0 Å². The standard InChI is InChI=1S/C17H20N2S/c1-12(9-16-6-3-13(2)20-16)19-11-14-4-5-15-7-8-18-17(15)10-14/h3-8,10,12,18-19H,9,11H2,1-2H3. The number of aryl methyl sites for hydroxylation is 1. The van der Waals surface area contributed by atoms with Crippen LogP contribution >= 0.6 is 11.3 Å². The molecule has 0 spiro atoms. The van der Waals surface area contributed by atoms with E-state index in [-0.39, 0.29) is 0 Å². The zero-order valence-corrected chi connectivity index (χ0v) is 12.8. The highest BCUT2D eigenvalue weighted by atomic mass is 32.1. The van der Waals surface area contributed by atoms with Gasteiger partial charge in [0, 0.05) is 34.1 Å². The number of aromatic nitrogens is 1. The smallest absolute Gasteiger partial charge is 0.0457 e. The van der Waals surface area contributed by atoms with E-state index in [0.717, 1.165) is 13.0 Å². The molecule has 2 aromatic heterocycles. The summed E-state index contributed by atoms with van der Waals surface area (Å²) < 4.78 is 0. The lowest BCUT2D eigenvalue weighted by atomic mass is 10.1. The van der Waals surface area contributed by atoms with Crippen LogP contribution in [0.25, 0.3) is 10.9 Å². The summed E-state index contributed by atoms with van der Waals surface area (Å²) in [7, 11) is 0. The zero-order valence-electron chi connectivity index (χ0n) is 11.9. The summed E-state index contributed by atoms with van der Waals surface area (Å²) in [6, 6.07) is 13.6. The topological polar surface area (TPSA) is 27.8 Å². The molecule has 0 bridgehead atoms. The molecular weight excluding hydrogens is 264 g/mol. The van der Waals surface area contributed by atoms with E-state index in [9.17, 15) is 0 Å². The van der Waals surface area contributed by atoms with E-state index in [1.807, 2.05) is 17.5 Å². The highest BCUT2D eigenvalue weighted by Crippen LogP contribution is 2.17. The van der Waals surface area contributed by atoms with E-state index in [0.29, 0.717) is 6.04 Å². The van der Waals surface area contributed by atoms with E-state index in [1.165, 1.54) is 26.2 Å². The Morgan fingerprint density at radius 1 is 1.20 bits per heavy atom. The molecule has 3 aromatic rings. The van der Waals surface area contributed by atoms with Gasteiger partial charge in [-0.3, -0.25) is 0 Å². The van der Waals surface area contributed by atoms with E-state index in [1.54, 1.807) is 0 Å². The van der Waals surface area contributed by atoms with Gasteiger partial charge in [-0.25, -0.2) is 0 Å². The molecule has 3 rings (SSSR count). The van der Waals surface area contributed by atoms with Crippen molar-refractivity contribution in [3.63, 3.8) is 0 Å². The summed E-state index contributed by atoms with van der Waals surface area (Å²) in [6.45, 7) is 5.33. The second-order valence-electron chi connectivity index (χ2n) is 5.40. The van der Waals surface area contributed by atoms with Crippen LogP contribution in [0, 0.1) is 6.92 Å². The highest BCUT2D eigenvalue weighted by molar-refractivity contribution is 7.11. The molecular formula is C17H20N2S. The van der Waals surface area contributed by atoms with E-state index >= 15 is 0 Å². The fourth-order valence-electron chi connectivity index (χ4n) is 2.47. The fraction of sp³-hybridized carbons (Fsp3) is 0.294. The van der Waals surface area contributed by atoms with Gasteiger partial charge in [0.15, 0.2) is 0 Å². The van der Waals surface area contributed by atoms with Gasteiger partial charge in [0.25, 0.3) is 0 Å². The predicted octanol–water partition coefficient (Wildman–Crippen LogP) is 4.26. The maximum absolute atomic E-state index is 3.61. The third-order valence-corrected chi connectivity index (χ3v) is 4.60. The maximum atomic E-state index is 3.61. The Hall–Kier alpha value is -1.58. The van der Waals surface area contributed by atoms with Crippen molar-refractivity contribution in [2.24, 2.45) is 0 Å². The summed E-state index contributed by atoms with van der Waals surface area (Å²) in [5.41, 5.74) is 2.54. The number of rotatable bonds is 5. The van der Waals surface area contributed by atoms with Gasteiger partial charge in [0.05, 0.1) is 0 Å². The van der Waals surface area contributed by atoms with Gasteiger partial charge in [-0.1, -0.05) is 12.1 Å². The van der Waals surface area contributed by atoms with Crippen molar-refractivity contribution in [3.05, 3.63) is 57.9 Å². The lowest BCUT2D eigenvalue weighted by Gasteiger charge is -2.13. The third kappa shape index (κ3) is 3.11. The molecule has 1 aromatic carbocycles. The van der Waals surface area contributed by atoms with Crippen LogP contribution in [-0.4, -0.2) is 11.0 Å². The average molecular weight is 284 g/mol. The van der Waals surface area contributed by atoms with Crippen LogP contribution in [0.1, 0.15) is 22.2 Å². The van der Waals surface area contributed by atoms with Crippen molar-refractivity contribution < 1.29 is 0 Å². The van der Waals surface area contributed by atoms with E-state index in [2.05, 4.69) is 60.5 Å². The molecule has 0 amide bonds. The van der Waals surface area contributed by atoms with Crippen LogP contribution in [0.4, 0.5) is 0 Å². The molecule has 0 aliphatic rings. The van der Waals surface area contributed by atoms with Gasteiger partial charge in [-0.2, -0.15) is 0 Å². The highest BCUT2D eigenvalue weighted by Gasteiger charge is 2.05. The van der Waals surface area contributed by atoms with Crippen LogP contribution in [0.15, 0.2) is 42.6 Å². The largest absolute Gasteiger partial charge is 0.361 e. The molecule has 0 saturated heterocycles. The van der Waals surface area contributed by atoms with Gasteiger partial charge >= 0.3 is 0 Å². The summed E-state index contributed by atoms with van der Waals surface area (Å²) in [5, 5.41) is 4.88. The molecule has 3 heteroatoms. The fourth-order valence-corrected chi connectivity index (χ4v) is 3.48. The van der Waals surface area contributed by atoms with Crippen LogP contribution in [-0.2, 0) is 13.0 Å². The van der Waals surface area contributed by atoms with Crippen LogP contribution in [0.5, 0.6) is 0 Å². The van der Waals surface area contributed by atoms with E-state index in [4.69, 9.17) is 0 Å². The molecule has 0 aliphatic heterocycles. The maximum Gasteiger partial charge on any atom is 0.0457 e. The van der Waals surface area contributed by atoms with Crippen LogP contribution < -0.4 is 5.32 Å². The Morgan fingerprint density at radius 3 is 2.90 bits per heavy atom. The molecule has 0 saturated carbocycles. The molecule has 2 heterocycles. The minimum absolute atomic E-state index is 0.493. The Bertz CT molecular complexity index is 696. The summed E-state index contributed by atoms with van der Waals surface area (Å²) >= 11 is 1.90. The molecule has 0 radical (unpaired) electrons. The second kappa shape index (κ2) is 5.81. The van der Waals surface area contributed by atoms with Gasteiger partial charge in [0.2, 0.25) is 0 Å². The van der Waals surface area contributed by atoms with Gasteiger partial charge in [-0.05, 0) is 55.5 Å². The number of benzene rings is 1. The molecule has 1 unspecified atom stereocenters. The third-order valence-electron chi connectivity index (χ3n) is 3.58. The first-order chi connectivity index (χ1) is 9.70. The first-order valence-electron chi connectivity index (χ1n) is 7.05. The Labute approximate surface area is 123 Å². The van der Waals surface area contributed by atoms with Crippen molar-refractivity contribution in [2.45, 2.75) is 32.9 Å². The second-order valence-corrected chi connectivity index (χ2v) is 6.77. The summed E-state index contributed by atoms with van der Waals surface area (Å²) in [5.74, 6) is 0. The molecule has 0 aliphatic carbocycles. The van der Waals surface area contributed by atoms with Crippen molar-refractivity contribution in [3.8, 4) is 0 Å². The summed E-state index contributed by atoms with van der Waals surface area (Å²) in [6.07, 6.45) is 3.09. The molecule has 1 atom stereocenters. The van der Waals surface area contributed by atoms with Crippen molar-refractivity contribution in [1.82, 2.24) is 10.3 Å². The van der Waals surface area contributed by atoms with Gasteiger partial charge in [0.1, 0.15) is 0 Å². The Morgan fingerprint density at radius 2 is 2.10 bits per heavy atom. The average Bonchev–Trinajstić information content (AvgIpc) is 3.04. The van der Waals surface area contributed by atoms with E-state index < -0.39 is 0 Å². The van der Waals surface area contributed by atoms with Crippen LogP contribution in [0.3, 0.4) is 0 Å². The first-order valence-corrected chi connectivity index (χ1v) is 7.87. The molecule has 2 N–H and O–H groups in total. The molecule has 0 fully saturated rings. The monoisotopic (exact) mass is 284 g/mol. The lowest BCUT2D eigenvalue weighted by Crippen LogP contribution is -2.27. The first kappa shape index (κ1) is 13.4.